The van der Waals surface area contributed by atoms with Crippen molar-refractivity contribution in [3.63, 3.8) is 0 Å². The van der Waals surface area contributed by atoms with Crippen LogP contribution in [-0.2, 0) is 4.79 Å². The fourth-order valence-electron chi connectivity index (χ4n) is 1.98. The van der Waals surface area contributed by atoms with Crippen molar-refractivity contribution in [1.29, 1.82) is 0 Å². The number of carboxylic acids is 1. The van der Waals surface area contributed by atoms with Gasteiger partial charge in [-0.15, -0.1) is 0 Å². The first-order valence-electron chi connectivity index (χ1n) is 7.05. The average Bonchev–Trinajstić information content (AvgIpc) is 2.55. The molecule has 0 saturated carbocycles. The van der Waals surface area contributed by atoms with E-state index in [0.717, 1.165) is 0 Å². The molecular formula is C17H15Cl2NO4. The molecule has 126 valence electrons. The summed E-state index contributed by atoms with van der Waals surface area (Å²) in [6.07, 6.45) is -0.884. The predicted molar refractivity (Wildman–Crippen MR) is 93.3 cm³/mol. The molecule has 0 aromatic heterocycles. The quantitative estimate of drug-likeness (QED) is 0.820. The molecule has 0 aliphatic carbocycles. The number of anilines is 1. The van der Waals surface area contributed by atoms with Gasteiger partial charge in [-0.3, -0.25) is 4.79 Å². The van der Waals surface area contributed by atoms with Gasteiger partial charge in [-0.2, -0.15) is 0 Å². The summed E-state index contributed by atoms with van der Waals surface area (Å²) in [7, 11) is 0. The van der Waals surface area contributed by atoms with Gasteiger partial charge in [-0.1, -0.05) is 35.3 Å². The maximum atomic E-state index is 12.3. The van der Waals surface area contributed by atoms with E-state index >= 15 is 0 Å². The summed E-state index contributed by atoms with van der Waals surface area (Å²) in [6.45, 7) is 3.28. The maximum Gasteiger partial charge on any atom is 0.337 e. The number of benzene rings is 2. The molecule has 7 heteroatoms. The number of carboxylic acid groups (broad SMARTS) is 1. The van der Waals surface area contributed by atoms with Crippen LogP contribution in [0.5, 0.6) is 5.75 Å². The van der Waals surface area contributed by atoms with Crippen LogP contribution in [0.1, 0.15) is 22.8 Å². The summed E-state index contributed by atoms with van der Waals surface area (Å²) < 4.78 is 5.57. The maximum absolute atomic E-state index is 12.3. The molecule has 0 saturated heterocycles. The standard InChI is InChI=1S/C17H15Cl2NO4/c1-9-12(18)7-8-14(15(9)19)24-10(2)16(21)20-13-6-4-3-5-11(13)17(22)23/h3-8,10H,1-2H3,(H,20,21)(H,22,23). The number of rotatable bonds is 5. The van der Waals surface area contributed by atoms with E-state index in [0.29, 0.717) is 21.4 Å². The molecule has 2 aromatic rings. The number of hydrogen-bond acceptors (Lipinski definition) is 3. The summed E-state index contributed by atoms with van der Waals surface area (Å²) >= 11 is 12.1. The lowest BCUT2D eigenvalue weighted by Gasteiger charge is -2.17. The molecule has 0 aliphatic heterocycles. The van der Waals surface area contributed by atoms with E-state index in [-0.39, 0.29) is 11.3 Å². The van der Waals surface area contributed by atoms with Gasteiger partial charge < -0.3 is 15.2 Å². The van der Waals surface area contributed by atoms with Crippen molar-refractivity contribution in [3.05, 3.63) is 57.6 Å². The van der Waals surface area contributed by atoms with Gasteiger partial charge in [0.25, 0.3) is 5.91 Å². The van der Waals surface area contributed by atoms with Gasteiger partial charge in [0.15, 0.2) is 6.10 Å². The molecule has 5 nitrogen and oxygen atoms in total. The molecule has 0 aliphatic rings. The lowest BCUT2D eigenvalue weighted by atomic mass is 10.1. The van der Waals surface area contributed by atoms with Crippen LogP contribution in [-0.4, -0.2) is 23.1 Å². The van der Waals surface area contributed by atoms with Crippen molar-refractivity contribution in [2.45, 2.75) is 20.0 Å². The van der Waals surface area contributed by atoms with Crippen molar-refractivity contribution in [3.8, 4) is 5.75 Å². The summed E-state index contributed by atoms with van der Waals surface area (Å²) in [5, 5.41) is 12.5. The van der Waals surface area contributed by atoms with Crippen molar-refractivity contribution in [2.75, 3.05) is 5.32 Å². The predicted octanol–water partition coefficient (Wildman–Crippen LogP) is 4.41. The number of hydrogen-bond donors (Lipinski definition) is 2. The van der Waals surface area contributed by atoms with Gasteiger partial charge in [0.2, 0.25) is 0 Å². The van der Waals surface area contributed by atoms with Crippen LogP contribution in [0.25, 0.3) is 0 Å². The molecule has 0 radical (unpaired) electrons. The Morgan fingerprint density at radius 1 is 1.17 bits per heavy atom. The largest absolute Gasteiger partial charge is 0.479 e. The Labute approximate surface area is 149 Å². The van der Waals surface area contributed by atoms with E-state index in [2.05, 4.69) is 5.32 Å². The Kier molecular flexibility index (Phi) is 5.70. The minimum absolute atomic E-state index is 0.00146. The number of para-hydroxylation sites is 1. The average molecular weight is 368 g/mol. The fourth-order valence-corrected chi connectivity index (χ4v) is 2.40. The van der Waals surface area contributed by atoms with Crippen molar-refractivity contribution >= 4 is 40.8 Å². The molecule has 1 unspecified atom stereocenters. The Bertz CT molecular complexity index is 792. The highest BCUT2D eigenvalue weighted by Crippen LogP contribution is 2.33. The van der Waals surface area contributed by atoms with Gasteiger partial charge in [0.1, 0.15) is 5.75 Å². The number of nitrogens with one attached hydrogen (secondary N) is 1. The van der Waals surface area contributed by atoms with Gasteiger partial charge in [-0.25, -0.2) is 4.79 Å². The molecule has 0 spiro atoms. The van der Waals surface area contributed by atoms with Crippen LogP contribution in [0.15, 0.2) is 36.4 Å². The zero-order valence-corrected chi connectivity index (χ0v) is 14.5. The minimum atomic E-state index is -1.13. The number of halogens is 2. The third-order valence-electron chi connectivity index (χ3n) is 3.37. The highest BCUT2D eigenvalue weighted by molar-refractivity contribution is 6.36. The van der Waals surface area contributed by atoms with E-state index in [4.69, 9.17) is 33.0 Å². The molecule has 2 rings (SSSR count). The lowest BCUT2D eigenvalue weighted by molar-refractivity contribution is -0.122. The topological polar surface area (TPSA) is 75.6 Å². The van der Waals surface area contributed by atoms with Crippen LogP contribution in [0.2, 0.25) is 10.0 Å². The zero-order valence-electron chi connectivity index (χ0n) is 13.0. The molecule has 1 amide bonds. The Morgan fingerprint density at radius 3 is 2.50 bits per heavy atom. The van der Waals surface area contributed by atoms with Gasteiger partial charge >= 0.3 is 5.97 Å². The number of amides is 1. The Morgan fingerprint density at radius 2 is 1.83 bits per heavy atom. The lowest BCUT2D eigenvalue weighted by Crippen LogP contribution is -2.30. The molecular weight excluding hydrogens is 353 g/mol. The van der Waals surface area contributed by atoms with E-state index in [9.17, 15) is 9.59 Å². The number of carbonyl (C=O) groups excluding carboxylic acids is 1. The highest BCUT2D eigenvalue weighted by Gasteiger charge is 2.19. The minimum Gasteiger partial charge on any atom is -0.479 e. The Hall–Kier alpha value is -2.24. The molecule has 0 bridgehead atoms. The van der Waals surface area contributed by atoms with Crippen LogP contribution >= 0.6 is 23.2 Å². The second kappa shape index (κ2) is 7.55. The van der Waals surface area contributed by atoms with E-state index < -0.39 is 18.0 Å². The summed E-state index contributed by atoms with van der Waals surface area (Å²) in [4.78, 5) is 23.4. The monoisotopic (exact) mass is 367 g/mol. The first-order chi connectivity index (χ1) is 11.3. The van der Waals surface area contributed by atoms with E-state index in [1.165, 1.54) is 12.1 Å². The fraction of sp³-hybridized carbons (Fsp3) is 0.176. The molecule has 24 heavy (non-hydrogen) atoms. The van der Waals surface area contributed by atoms with Crippen molar-refractivity contribution in [2.24, 2.45) is 0 Å². The van der Waals surface area contributed by atoms with Crippen LogP contribution in [0, 0.1) is 6.92 Å². The second-order valence-electron chi connectivity index (χ2n) is 5.08. The Balaban J connectivity index is 2.14. The third-order valence-corrected chi connectivity index (χ3v) is 4.25. The summed E-state index contributed by atoms with van der Waals surface area (Å²) in [5.41, 5.74) is 0.849. The smallest absolute Gasteiger partial charge is 0.337 e. The van der Waals surface area contributed by atoms with E-state index in [1.54, 1.807) is 38.1 Å². The molecule has 0 fully saturated rings. The van der Waals surface area contributed by atoms with Crippen LogP contribution < -0.4 is 10.1 Å². The second-order valence-corrected chi connectivity index (χ2v) is 5.87. The first kappa shape index (κ1) is 18.1. The third kappa shape index (κ3) is 3.99. The highest BCUT2D eigenvalue weighted by atomic mass is 35.5. The van der Waals surface area contributed by atoms with Gasteiger partial charge in [-0.05, 0) is 43.7 Å². The van der Waals surface area contributed by atoms with Crippen LogP contribution in [0.4, 0.5) is 5.69 Å². The summed E-state index contributed by atoms with van der Waals surface area (Å²) in [5.74, 6) is -1.30. The molecule has 1 atom stereocenters. The van der Waals surface area contributed by atoms with Gasteiger partial charge in [0, 0.05) is 5.02 Å². The number of aromatic carboxylic acids is 1. The van der Waals surface area contributed by atoms with Crippen molar-refractivity contribution in [1.82, 2.24) is 0 Å². The number of ether oxygens (including phenoxy) is 1. The SMILES string of the molecule is Cc1c(Cl)ccc(OC(C)C(=O)Nc2ccccc2C(=O)O)c1Cl. The van der Waals surface area contributed by atoms with Crippen LogP contribution in [0.3, 0.4) is 0 Å². The molecule has 2 aromatic carbocycles. The van der Waals surface area contributed by atoms with Crippen molar-refractivity contribution < 1.29 is 19.4 Å². The zero-order chi connectivity index (χ0) is 17.9. The normalized spacial score (nSPS) is 11.7. The van der Waals surface area contributed by atoms with Gasteiger partial charge in [0.05, 0.1) is 16.3 Å². The molecule has 0 heterocycles. The van der Waals surface area contributed by atoms with E-state index in [1.807, 2.05) is 0 Å². The number of carbonyl (C=O) groups is 2. The first-order valence-corrected chi connectivity index (χ1v) is 7.81. The summed E-state index contributed by atoms with van der Waals surface area (Å²) in [6, 6.07) is 9.33. The molecule has 2 N–H and O–H groups in total.